The van der Waals surface area contributed by atoms with Crippen LogP contribution in [0.3, 0.4) is 0 Å². The first kappa shape index (κ1) is 19.7. The molecule has 30 heavy (non-hydrogen) atoms. The Bertz CT molecular complexity index is 1200. The van der Waals surface area contributed by atoms with Crippen LogP contribution in [-0.2, 0) is 20.9 Å². The van der Waals surface area contributed by atoms with Crippen molar-refractivity contribution in [2.45, 2.75) is 13.5 Å². The number of nitrogens with zero attached hydrogens (tertiary/aromatic N) is 1. The zero-order valence-corrected chi connectivity index (χ0v) is 16.7. The SMILES string of the molecule is CCn1c2ccccc2c2cc(NC(=O)COCC(=O)Nc3ccccc3)ccc21. The predicted molar refractivity (Wildman–Crippen MR) is 120 cm³/mol. The van der Waals surface area contributed by atoms with E-state index in [1.165, 1.54) is 5.52 Å². The molecule has 0 atom stereocenters. The first-order valence-corrected chi connectivity index (χ1v) is 9.89. The molecule has 0 aliphatic rings. The molecule has 2 amide bonds. The fraction of sp³-hybridized carbons (Fsp3) is 0.167. The number of hydrogen-bond acceptors (Lipinski definition) is 3. The van der Waals surface area contributed by atoms with E-state index in [0.717, 1.165) is 22.8 Å². The minimum atomic E-state index is -0.305. The molecule has 0 aliphatic heterocycles. The normalized spacial score (nSPS) is 11.0. The third-order valence-corrected chi connectivity index (χ3v) is 4.90. The fourth-order valence-electron chi connectivity index (χ4n) is 3.62. The number of hydrogen-bond donors (Lipinski definition) is 2. The van der Waals surface area contributed by atoms with Crippen molar-refractivity contribution in [3.8, 4) is 0 Å². The molecule has 4 rings (SSSR count). The number of ether oxygens (including phenoxy) is 1. The predicted octanol–water partition coefficient (Wildman–Crippen LogP) is 4.41. The summed E-state index contributed by atoms with van der Waals surface area (Å²) in [4.78, 5) is 24.1. The number of aromatic nitrogens is 1. The number of carbonyl (C=O) groups excluding carboxylic acids is 2. The van der Waals surface area contributed by atoms with Gasteiger partial charge in [0.15, 0.2) is 0 Å². The molecular formula is C24H23N3O3. The van der Waals surface area contributed by atoms with Gasteiger partial charge in [-0.15, -0.1) is 0 Å². The first-order valence-electron chi connectivity index (χ1n) is 9.89. The molecule has 0 spiro atoms. The van der Waals surface area contributed by atoms with E-state index in [1.807, 2.05) is 48.5 Å². The number of para-hydroxylation sites is 2. The molecule has 0 fully saturated rings. The molecule has 1 heterocycles. The molecule has 1 aromatic heterocycles. The zero-order chi connectivity index (χ0) is 20.9. The van der Waals surface area contributed by atoms with Crippen molar-refractivity contribution >= 4 is 45.0 Å². The lowest BCUT2D eigenvalue weighted by molar-refractivity contribution is -0.125. The maximum Gasteiger partial charge on any atom is 0.250 e. The Balaban J connectivity index is 1.37. The summed E-state index contributed by atoms with van der Waals surface area (Å²) >= 11 is 0. The van der Waals surface area contributed by atoms with E-state index < -0.39 is 0 Å². The standard InChI is InChI=1S/C24H23N3O3/c1-2-27-21-11-7-6-10-19(21)20-14-18(12-13-22(20)27)26-24(29)16-30-15-23(28)25-17-8-4-3-5-9-17/h3-14H,2,15-16H2,1H3,(H,25,28)(H,26,29). The summed E-state index contributed by atoms with van der Waals surface area (Å²) in [5.74, 6) is -0.608. The van der Waals surface area contributed by atoms with Gasteiger partial charge in [-0.1, -0.05) is 36.4 Å². The number of anilines is 2. The number of amides is 2. The second-order valence-electron chi connectivity index (χ2n) is 6.95. The Morgan fingerprint density at radius 3 is 2.13 bits per heavy atom. The van der Waals surface area contributed by atoms with Crippen LogP contribution in [0.15, 0.2) is 72.8 Å². The van der Waals surface area contributed by atoms with Crippen LogP contribution in [0.5, 0.6) is 0 Å². The summed E-state index contributed by atoms with van der Waals surface area (Å²) in [5, 5.41) is 7.80. The van der Waals surface area contributed by atoms with Crippen molar-refractivity contribution in [2.24, 2.45) is 0 Å². The lowest BCUT2D eigenvalue weighted by atomic mass is 10.1. The Morgan fingerprint density at radius 2 is 1.40 bits per heavy atom. The molecule has 4 aromatic rings. The van der Waals surface area contributed by atoms with Crippen LogP contribution in [0.2, 0.25) is 0 Å². The fourth-order valence-corrected chi connectivity index (χ4v) is 3.62. The molecule has 0 aliphatic carbocycles. The number of carbonyl (C=O) groups is 2. The van der Waals surface area contributed by atoms with Gasteiger partial charge in [0, 0.05) is 39.7 Å². The van der Waals surface area contributed by atoms with Crippen LogP contribution in [0.25, 0.3) is 21.8 Å². The van der Waals surface area contributed by atoms with Gasteiger partial charge in [-0.05, 0) is 43.3 Å². The van der Waals surface area contributed by atoms with Crippen molar-refractivity contribution in [3.63, 3.8) is 0 Å². The third-order valence-electron chi connectivity index (χ3n) is 4.90. The van der Waals surface area contributed by atoms with E-state index >= 15 is 0 Å². The van der Waals surface area contributed by atoms with Gasteiger partial charge in [0.1, 0.15) is 13.2 Å². The number of benzene rings is 3. The molecular weight excluding hydrogens is 378 g/mol. The van der Waals surface area contributed by atoms with E-state index in [0.29, 0.717) is 11.4 Å². The molecule has 0 bridgehead atoms. The largest absolute Gasteiger partial charge is 0.362 e. The average Bonchev–Trinajstić information content (AvgIpc) is 3.07. The van der Waals surface area contributed by atoms with Crippen LogP contribution in [0, 0.1) is 0 Å². The molecule has 0 radical (unpaired) electrons. The molecule has 3 aromatic carbocycles. The molecule has 152 valence electrons. The lowest BCUT2D eigenvalue weighted by Crippen LogP contribution is -2.23. The highest BCUT2D eigenvalue weighted by atomic mass is 16.5. The van der Waals surface area contributed by atoms with Crippen molar-refractivity contribution in [2.75, 3.05) is 23.8 Å². The average molecular weight is 401 g/mol. The maximum absolute atomic E-state index is 12.2. The van der Waals surface area contributed by atoms with Gasteiger partial charge in [-0.3, -0.25) is 9.59 Å². The third kappa shape index (κ3) is 4.18. The van der Waals surface area contributed by atoms with Gasteiger partial charge in [0.2, 0.25) is 11.8 Å². The Hall–Kier alpha value is -3.64. The lowest BCUT2D eigenvalue weighted by Gasteiger charge is -2.08. The highest BCUT2D eigenvalue weighted by Gasteiger charge is 2.11. The summed E-state index contributed by atoms with van der Waals surface area (Å²) < 4.78 is 7.51. The quantitative estimate of drug-likeness (QED) is 0.482. The molecule has 0 saturated heterocycles. The highest BCUT2D eigenvalue weighted by molar-refractivity contribution is 6.09. The minimum Gasteiger partial charge on any atom is -0.362 e. The minimum absolute atomic E-state index is 0.189. The molecule has 2 N–H and O–H groups in total. The Labute approximate surface area is 174 Å². The summed E-state index contributed by atoms with van der Waals surface area (Å²) in [5.41, 5.74) is 3.69. The van der Waals surface area contributed by atoms with Crippen molar-refractivity contribution in [1.29, 1.82) is 0 Å². The molecule has 0 unspecified atom stereocenters. The number of aryl methyl sites for hydroxylation is 1. The Kier molecular flexibility index (Phi) is 5.77. The van der Waals surface area contributed by atoms with Crippen LogP contribution < -0.4 is 10.6 Å². The molecule has 0 saturated carbocycles. The van der Waals surface area contributed by atoms with E-state index in [2.05, 4.69) is 34.3 Å². The maximum atomic E-state index is 12.2. The van der Waals surface area contributed by atoms with Gasteiger partial charge >= 0.3 is 0 Å². The summed E-state index contributed by atoms with van der Waals surface area (Å²) in [7, 11) is 0. The number of rotatable bonds is 7. The van der Waals surface area contributed by atoms with Gasteiger partial charge in [-0.2, -0.15) is 0 Å². The second-order valence-corrected chi connectivity index (χ2v) is 6.95. The van der Waals surface area contributed by atoms with E-state index in [-0.39, 0.29) is 25.0 Å². The topological polar surface area (TPSA) is 72.4 Å². The smallest absolute Gasteiger partial charge is 0.250 e. The molecule has 6 nitrogen and oxygen atoms in total. The van der Waals surface area contributed by atoms with Crippen LogP contribution in [-0.4, -0.2) is 29.6 Å². The van der Waals surface area contributed by atoms with E-state index in [9.17, 15) is 9.59 Å². The molecule has 6 heteroatoms. The van der Waals surface area contributed by atoms with Gasteiger partial charge in [0.05, 0.1) is 0 Å². The summed E-state index contributed by atoms with van der Waals surface area (Å²) in [6.07, 6.45) is 0. The van der Waals surface area contributed by atoms with Crippen LogP contribution >= 0.6 is 0 Å². The first-order chi connectivity index (χ1) is 14.7. The Morgan fingerprint density at radius 1 is 0.767 bits per heavy atom. The van der Waals surface area contributed by atoms with Gasteiger partial charge in [-0.25, -0.2) is 0 Å². The van der Waals surface area contributed by atoms with Crippen molar-refractivity contribution < 1.29 is 14.3 Å². The van der Waals surface area contributed by atoms with Crippen molar-refractivity contribution in [1.82, 2.24) is 4.57 Å². The highest BCUT2D eigenvalue weighted by Crippen LogP contribution is 2.30. The van der Waals surface area contributed by atoms with Gasteiger partial charge < -0.3 is 19.9 Å². The van der Waals surface area contributed by atoms with E-state index in [4.69, 9.17) is 4.74 Å². The number of nitrogens with one attached hydrogen (secondary N) is 2. The monoisotopic (exact) mass is 401 g/mol. The van der Waals surface area contributed by atoms with Crippen LogP contribution in [0.1, 0.15) is 6.92 Å². The summed E-state index contributed by atoms with van der Waals surface area (Å²) in [6.45, 7) is 2.60. The summed E-state index contributed by atoms with van der Waals surface area (Å²) in [6, 6.07) is 23.2. The van der Waals surface area contributed by atoms with E-state index in [1.54, 1.807) is 12.1 Å². The second kappa shape index (κ2) is 8.80. The number of fused-ring (bicyclic) bond motifs is 3. The van der Waals surface area contributed by atoms with Crippen LogP contribution in [0.4, 0.5) is 11.4 Å². The zero-order valence-electron chi connectivity index (χ0n) is 16.7. The van der Waals surface area contributed by atoms with Crippen molar-refractivity contribution in [3.05, 3.63) is 72.8 Å². The van der Waals surface area contributed by atoms with Gasteiger partial charge in [0.25, 0.3) is 0 Å².